The van der Waals surface area contributed by atoms with E-state index in [-0.39, 0.29) is 28.3 Å². The van der Waals surface area contributed by atoms with Crippen molar-refractivity contribution >= 4 is 27.4 Å². The molecule has 2 heterocycles. The molecule has 1 atom stereocenters. The van der Waals surface area contributed by atoms with Crippen LogP contribution in [0.5, 0.6) is 5.75 Å². The fourth-order valence-corrected chi connectivity index (χ4v) is 4.72. The maximum atomic E-state index is 12.9. The van der Waals surface area contributed by atoms with Crippen LogP contribution in [0.4, 0.5) is 19.0 Å². The van der Waals surface area contributed by atoms with Crippen molar-refractivity contribution in [1.82, 2.24) is 10.2 Å². The molecule has 1 N–H and O–H groups in total. The molecule has 3 aromatic rings. The van der Waals surface area contributed by atoms with E-state index >= 15 is 0 Å². The fourth-order valence-electron chi connectivity index (χ4n) is 3.40. The lowest BCUT2D eigenvalue weighted by atomic mass is 9.86. The van der Waals surface area contributed by atoms with Gasteiger partial charge in [0.1, 0.15) is 5.75 Å². The van der Waals surface area contributed by atoms with Crippen molar-refractivity contribution in [1.29, 1.82) is 0 Å². The molecule has 0 saturated carbocycles. The molecule has 0 aliphatic carbocycles. The number of rotatable bonds is 4. The zero-order valence-electron chi connectivity index (χ0n) is 15.7. The van der Waals surface area contributed by atoms with Crippen LogP contribution in [0, 0.1) is 0 Å². The number of aromatic nitrogens is 2. The molecule has 0 radical (unpaired) electrons. The van der Waals surface area contributed by atoms with E-state index in [1.165, 1.54) is 30.5 Å². The largest absolute Gasteiger partial charge is 0.493 e. The standard InChI is InChI=1S/C20H15ClF3N3O3S/c21-17-10-12(20(22,23)24)3-5-15(17)14-7-9-30-18-11-13(4-6-16(14)18)31(28,29)27-19-2-1-8-25-26-19/h1-6,8,10-11,14H,7,9H2,(H,26,27)/t14-/m1/s1. The van der Waals surface area contributed by atoms with Crippen LogP contribution in [0.1, 0.15) is 29.0 Å². The summed E-state index contributed by atoms with van der Waals surface area (Å²) in [6.07, 6.45) is -2.59. The van der Waals surface area contributed by atoms with Crippen molar-refractivity contribution < 1.29 is 26.3 Å². The number of halogens is 4. The van der Waals surface area contributed by atoms with Gasteiger partial charge in [0.2, 0.25) is 0 Å². The van der Waals surface area contributed by atoms with E-state index in [0.29, 0.717) is 23.3 Å². The molecular formula is C20H15ClF3N3O3S. The number of anilines is 1. The summed E-state index contributed by atoms with van der Waals surface area (Å²) in [5.41, 5.74) is 0.337. The number of sulfonamides is 1. The summed E-state index contributed by atoms with van der Waals surface area (Å²) in [5, 5.41) is 7.31. The lowest BCUT2D eigenvalue weighted by molar-refractivity contribution is -0.137. The summed E-state index contributed by atoms with van der Waals surface area (Å²) in [6, 6.07) is 10.6. The second kappa shape index (κ2) is 8.01. The van der Waals surface area contributed by atoms with Gasteiger partial charge in [-0.3, -0.25) is 4.72 Å². The number of nitrogens with zero attached hydrogens (tertiary/aromatic N) is 2. The fraction of sp³-hybridized carbons (Fsp3) is 0.200. The minimum absolute atomic E-state index is 0.00584. The Morgan fingerprint density at radius 1 is 1.10 bits per heavy atom. The molecule has 11 heteroatoms. The molecule has 1 aliphatic rings. The number of nitrogens with one attached hydrogen (secondary N) is 1. The van der Waals surface area contributed by atoms with E-state index in [4.69, 9.17) is 16.3 Å². The Kier molecular flexibility index (Phi) is 5.52. The van der Waals surface area contributed by atoms with E-state index in [2.05, 4.69) is 14.9 Å². The van der Waals surface area contributed by atoms with Gasteiger partial charge in [-0.05, 0) is 42.3 Å². The smallest absolute Gasteiger partial charge is 0.416 e. The zero-order chi connectivity index (χ0) is 22.2. The van der Waals surface area contributed by atoms with E-state index in [0.717, 1.165) is 12.1 Å². The molecule has 0 fully saturated rings. The second-order valence-electron chi connectivity index (χ2n) is 6.84. The summed E-state index contributed by atoms with van der Waals surface area (Å²) >= 11 is 6.17. The van der Waals surface area contributed by atoms with Crippen molar-refractivity contribution in [3.05, 3.63) is 76.4 Å². The highest BCUT2D eigenvalue weighted by atomic mass is 35.5. The predicted octanol–water partition coefficient (Wildman–Crippen LogP) is 4.86. The van der Waals surface area contributed by atoms with Crippen molar-refractivity contribution in [2.45, 2.75) is 23.4 Å². The topological polar surface area (TPSA) is 81.2 Å². The molecule has 0 spiro atoms. The maximum absolute atomic E-state index is 12.9. The van der Waals surface area contributed by atoms with Crippen LogP contribution in [0.3, 0.4) is 0 Å². The van der Waals surface area contributed by atoms with Gasteiger partial charge in [-0.15, -0.1) is 5.10 Å². The summed E-state index contributed by atoms with van der Waals surface area (Å²) in [7, 11) is -3.94. The van der Waals surface area contributed by atoms with Crippen LogP contribution in [-0.2, 0) is 16.2 Å². The molecule has 0 amide bonds. The molecule has 0 saturated heterocycles. The average molecular weight is 470 g/mol. The monoisotopic (exact) mass is 469 g/mol. The van der Waals surface area contributed by atoms with Crippen molar-refractivity contribution in [2.75, 3.05) is 11.3 Å². The predicted molar refractivity (Wildman–Crippen MR) is 108 cm³/mol. The molecule has 162 valence electrons. The Hall–Kier alpha value is -2.85. The van der Waals surface area contributed by atoms with Crippen LogP contribution < -0.4 is 9.46 Å². The molecule has 0 unspecified atom stereocenters. The van der Waals surface area contributed by atoms with Crippen LogP contribution in [0.15, 0.2) is 59.6 Å². The molecule has 6 nitrogen and oxygen atoms in total. The summed E-state index contributed by atoms with van der Waals surface area (Å²) < 4.78 is 72.1. The zero-order valence-corrected chi connectivity index (χ0v) is 17.3. The van der Waals surface area contributed by atoms with Gasteiger partial charge in [0.25, 0.3) is 10.0 Å². The molecule has 31 heavy (non-hydrogen) atoms. The summed E-state index contributed by atoms with van der Waals surface area (Å²) in [5.74, 6) is 0.0630. The third-order valence-corrected chi connectivity index (χ3v) is 6.53. The summed E-state index contributed by atoms with van der Waals surface area (Å²) in [6.45, 7) is 0.260. The van der Waals surface area contributed by atoms with E-state index < -0.39 is 21.8 Å². The average Bonchev–Trinajstić information content (AvgIpc) is 2.73. The molecule has 1 aromatic heterocycles. The Labute approximate surface area is 181 Å². The Bertz CT molecular complexity index is 1220. The molecule has 4 rings (SSSR count). The minimum Gasteiger partial charge on any atom is -0.493 e. The van der Waals surface area contributed by atoms with Crippen LogP contribution in [0.25, 0.3) is 0 Å². The van der Waals surface area contributed by atoms with Crippen molar-refractivity contribution in [3.8, 4) is 5.75 Å². The van der Waals surface area contributed by atoms with Crippen molar-refractivity contribution in [3.63, 3.8) is 0 Å². The first kappa shape index (κ1) is 21.4. The highest BCUT2D eigenvalue weighted by Crippen LogP contribution is 2.43. The highest BCUT2D eigenvalue weighted by Gasteiger charge is 2.33. The quantitative estimate of drug-likeness (QED) is 0.590. The van der Waals surface area contributed by atoms with Crippen LogP contribution in [-0.4, -0.2) is 25.2 Å². The molecule has 2 aromatic carbocycles. The molecule has 0 bridgehead atoms. The van der Waals surface area contributed by atoms with Gasteiger partial charge in [0.15, 0.2) is 5.82 Å². The van der Waals surface area contributed by atoms with Gasteiger partial charge < -0.3 is 4.74 Å². The Balaban J connectivity index is 1.66. The number of fused-ring (bicyclic) bond motifs is 1. The molecular weight excluding hydrogens is 455 g/mol. The van der Waals surface area contributed by atoms with Gasteiger partial charge in [-0.2, -0.15) is 18.3 Å². The normalized spacial score (nSPS) is 16.3. The van der Waals surface area contributed by atoms with Gasteiger partial charge in [-0.25, -0.2) is 8.42 Å². The highest BCUT2D eigenvalue weighted by molar-refractivity contribution is 7.92. The van der Waals surface area contributed by atoms with E-state index in [1.807, 2.05) is 0 Å². The number of ether oxygens (including phenoxy) is 1. The SMILES string of the molecule is O=S(=O)(Nc1cccnn1)c1ccc2c(c1)OCC[C@@H]2c1ccc(C(F)(F)F)cc1Cl. The first-order chi connectivity index (χ1) is 14.6. The van der Waals surface area contributed by atoms with Gasteiger partial charge in [0, 0.05) is 28.8 Å². The Morgan fingerprint density at radius 3 is 2.55 bits per heavy atom. The number of benzene rings is 2. The Morgan fingerprint density at radius 2 is 1.87 bits per heavy atom. The van der Waals surface area contributed by atoms with Crippen LogP contribution >= 0.6 is 11.6 Å². The van der Waals surface area contributed by atoms with Crippen molar-refractivity contribution in [2.24, 2.45) is 0 Å². The first-order valence-electron chi connectivity index (χ1n) is 9.09. The van der Waals surface area contributed by atoms with Gasteiger partial charge in [-0.1, -0.05) is 23.7 Å². The maximum Gasteiger partial charge on any atom is 0.416 e. The third kappa shape index (κ3) is 4.45. The number of hydrogen-bond acceptors (Lipinski definition) is 5. The lowest BCUT2D eigenvalue weighted by Crippen LogP contribution is -2.18. The second-order valence-corrected chi connectivity index (χ2v) is 8.93. The first-order valence-corrected chi connectivity index (χ1v) is 11.0. The third-order valence-electron chi connectivity index (χ3n) is 4.85. The lowest BCUT2D eigenvalue weighted by Gasteiger charge is -2.27. The van der Waals surface area contributed by atoms with E-state index in [9.17, 15) is 21.6 Å². The minimum atomic E-state index is -4.49. The van der Waals surface area contributed by atoms with E-state index in [1.54, 1.807) is 12.1 Å². The molecule has 1 aliphatic heterocycles. The van der Waals surface area contributed by atoms with Crippen LogP contribution in [0.2, 0.25) is 5.02 Å². The van der Waals surface area contributed by atoms with Gasteiger partial charge in [0.05, 0.1) is 17.1 Å². The van der Waals surface area contributed by atoms with Gasteiger partial charge >= 0.3 is 6.18 Å². The number of hydrogen-bond donors (Lipinski definition) is 1. The number of alkyl halides is 3. The summed E-state index contributed by atoms with van der Waals surface area (Å²) in [4.78, 5) is -0.0453.